The number of benzene rings is 1. The number of methoxy groups -OCH3 is 1. The standard InChI is InChI=1S/C15H20N2O2/c1-11(7-8-16)17(3)10-14-9-13(12(2)18)5-6-15(14)19-4/h5-6,9,11H,7,10H2,1-4H3. The summed E-state index contributed by atoms with van der Waals surface area (Å²) < 4.78 is 5.32. The van der Waals surface area contributed by atoms with Crippen molar-refractivity contribution in [1.82, 2.24) is 4.90 Å². The third-order valence-electron chi connectivity index (χ3n) is 3.25. The molecule has 0 bridgehead atoms. The van der Waals surface area contributed by atoms with Crippen molar-refractivity contribution in [2.45, 2.75) is 32.9 Å². The van der Waals surface area contributed by atoms with E-state index in [1.807, 2.05) is 26.1 Å². The van der Waals surface area contributed by atoms with Crippen LogP contribution >= 0.6 is 0 Å². The molecule has 0 aliphatic carbocycles. The van der Waals surface area contributed by atoms with Crippen LogP contribution in [0.2, 0.25) is 0 Å². The van der Waals surface area contributed by atoms with Crippen molar-refractivity contribution in [2.24, 2.45) is 0 Å². The molecule has 0 N–H and O–H groups in total. The van der Waals surface area contributed by atoms with Crippen LogP contribution < -0.4 is 4.74 Å². The Hall–Kier alpha value is -1.86. The van der Waals surface area contributed by atoms with Gasteiger partial charge in [0.2, 0.25) is 0 Å². The zero-order chi connectivity index (χ0) is 14.4. The Balaban J connectivity index is 2.95. The number of nitriles is 1. The van der Waals surface area contributed by atoms with Crippen LogP contribution in [0.5, 0.6) is 5.75 Å². The number of nitrogens with zero attached hydrogens (tertiary/aromatic N) is 2. The van der Waals surface area contributed by atoms with Gasteiger partial charge in [-0.2, -0.15) is 5.26 Å². The third-order valence-corrected chi connectivity index (χ3v) is 3.25. The summed E-state index contributed by atoms with van der Waals surface area (Å²) in [4.78, 5) is 13.5. The molecule has 4 heteroatoms. The predicted octanol–water partition coefficient (Wildman–Crippen LogP) is 2.63. The highest BCUT2D eigenvalue weighted by atomic mass is 16.5. The molecular formula is C15H20N2O2. The number of Topliss-reactive ketones (excluding diaryl/α,β-unsaturated/α-hetero) is 1. The van der Waals surface area contributed by atoms with Gasteiger partial charge < -0.3 is 4.74 Å². The molecule has 4 nitrogen and oxygen atoms in total. The van der Waals surface area contributed by atoms with Crippen molar-refractivity contribution in [3.63, 3.8) is 0 Å². The second-order valence-electron chi connectivity index (χ2n) is 4.71. The van der Waals surface area contributed by atoms with E-state index >= 15 is 0 Å². The molecule has 0 amide bonds. The quantitative estimate of drug-likeness (QED) is 0.738. The van der Waals surface area contributed by atoms with E-state index in [-0.39, 0.29) is 11.8 Å². The van der Waals surface area contributed by atoms with Crippen LogP contribution in [0.1, 0.15) is 36.2 Å². The minimum Gasteiger partial charge on any atom is -0.496 e. The van der Waals surface area contributed by atoms with E-state index in [9.17, 15) is 4.79 Å². The lowest BCUT2D eigenvalue weighted by Gasteiger charge is -2.23. The molecular weight excluding hydrogens is 240 g/mol. The Bertz CT molecular complexity index is 491. The van der Waals surface area contributed by atoms with Crippen LogP contribution in [0, 0.1) is 11.3 Å². The van der Waals surface area contributed by atoms with Crippen LogP contribution in [-0.4, -0.2) is 30.9 Å². The van der Waals surface area contributed by atoms with Crippen LogP contribution in [0.15, 0.2) is 18.2 Å². The molecule has 1 aromatic carbocycles. The maximum Gasteiger partial charge on any atom is 0.159 e. The summed E-state index contributed by atoms with van der Waals surface area (Å²) in [6.45, 7) is 4.20. The zero-order valence-corrected chi connectivity index (χ0v) is 11.9. The van der Waals surface area contributed by atoms with Gasteiger partial charge in [-0.3, -0.25) is 9.69 Å². The van der Waals surface area contributed by atoms with Crippen LogP contribution in [-0.2, 0) is 6.54 Å². The number of ether oxygens (including phenoxy) is 1. The fraction of sp³-hybridized carbons (Fsp3) is 0.467. The molecule has 0 spiro atoms. The van der Waals surface area contributed by atoms with Crippen molar-refractivity contribution in [3.8, 4) is 11.8 Å². The van der Waals surface area contributed by atoms with E-state index in [0.29, 0.717) is 18.5 Å². The highest BCUT2D eigenvalue weighted by molar-refractivity contribution is 5.94. The van der Waals surface area contributed by atoms with Crippen molar-refractivity contribution in [2.75, 3.05) is 14.2 Å². The van der Waals surface area contributed by atoms with Gasteiger partial charge in [0.25, 0.3) is 0 Å². The average molecular weight is 260 g/mol. The van der Waals surface area contributed by atoms with Gasteiger partial charge in [0.05, 0.1) is 19.6 Å². The van der Waals surface area contributed by atoms with Crippen molar-refractivity contribution < 1.29 is 9.53 Å². The molecule has 0 aromatic heterocycles. The van der Waals surface area contributed by atoms with Gasteiger partial charge >= 0.3 is 0 Å². The van der Waals surface area contributed by atoms with Gasteiger partial charge in [-0.25, -0.2) is 0 Å². The van der Waals surface area contributed by atoms with Gasteiger partial charge in [0.15, 0.2) is 5.78 Å². The van der Waals surface area contributed by atoms with Crippen molar-refractivity contribution in [3.05, 3.63) is 29.3 Å². The zero-order valence-electron chi connectivity index (χ0n) is 11.9. The Kier molecular flexibility index (Phi) is 5.53. The summed E-state index contributed by atoms with van der Waals surface area (Å²) in [7, 11) is 3.58. The molecule has 0 heterocycles. The SMILES string of the molecule is COc1ccc(C(C)=O)cc1CN(C)C(C)CC#N. The molecule has 1 atom stereocenters. The van der Waals surface area contributed by atoms with Gasteiger partial charge in [-0.1, -0.05) is 0 Å². The highest BCUT2D eigenvalue weighted by Crippen LogP contribution is 2.22. The summed E-state index contributed by atoms with van der Waals surface area (Å²) in [5, 5.41) is 8.72. The van der Waals surface area contributed by atoms with Crippen molar-refractivity contribution >= 4 is 5.78 Å². The van der Waals surface area contributed by atoms with Crippen LogP contribution in [0.3, 0.4) is 0 Å². The molecule has 0 fully saturated rings. The number of rotatable bonds is 6. The summed E-state index contributed by atoms with van der Waals surface area (Å²) in [6.07, 6.45) is 0.477. The smallest absolute Gasteiger partial charge is 0.159 e. The third kappa shape index (κ3) is 4.08. The number of ketones is 1. The van der Waals surface area contributed by atoms with E-state index < -0.39 is 0 Å². The van der Waals surface area contributed by atoms with Gasteiger partial charge in [0.1, 0.15) is 5.75 Å². The predicted molar refractivity (Wildman–Crippen MR) is 74.2 cm³/mol. The molecule has 0 aliphatic rings. The maximum atomic E-state index is 11.4. The highest BCUT2D eigenvalue weighted by Gasteiger charge is 2.13. The molecule has 0 aliphatic heterocycles. The topological polar surface area (TPSA) is 53.3 Å². The number of carbonyl (C=O) groups excluding carboxylic acids is 1. The molecule has 0 radical (unpaired) electrons. The first-order valence-corrected chi connectivity index (χ1v) is 6.24. The number of hydrogen-bond donors (Lipinski definition) is 0. The second-order valence-corrected chi connectivity index (χ2v) is 4.71. The molecule has 0 saturated carbocycles. The normalized spacial score (nSPS) is 12.0. The number of carbonyl (C=O) groups is 1. The summed E-state index contributed by atoms with van der Waals surface area (Å²) in [5.41, 5.74) is 1.64. The molecule has 1 rings (SSSR count). The first kappa shape index (κ1) is 15.2. The fourth-order valence-electron chi connectivity index (χ4n) is 1.83. The lowest BCUT2D eigenvalue weighted by atomic mass is 10.1. The first-order valence-electron chi connectivity index (χ1n) is 6.24. The second kappa shape index (κ2) is 6.91. The van der Waals surface area contributed by atoms with E-state index in [1.54, 1.807) is 20.1 Å². The van der Waals surface area contributed by atoms with Crippen molar-refractivity contribution in [1.29, 1.82) is 5.26 Å². The van der Waals surface area contributed by atoms with E-state index in [1.165, 1.54) is 0 Å². The minimum atomic E-state index is 0.0385. The van der Waals surface area contributed by atoms with Gasteiger partial charge in [0, 0.05) is 23.7 Å². The summed E-state index contributed by atoms with van der Waals surface area (Å²) in [5.74, 6) is 0.803. The van der Waals surface area contributed by atoms with E-state index in [4.69, 9.17) is 10.00 Å². The largest absolute Gasteiger partial charge is 0.496 e. The van der Waals surface area contributed by atoms with Crippen LogP contribution in [0.4, 0.5) is 0 Å². The lowest BCUT2D eigenvalue weighted by molar-refractivity contribution is 0.101. The van der Waals surface area contributed by atoms with Gasteiger partial charge in [-0.05, 0) is 39.1 Å². The lowest BCUT2D eigenvalue weighted by Crippen LogP contribution is -2.28. The summed E-state index contributed by atoms with van der Waals surface area (Å²) in [6, 6.07) is 7.77. The first-order chi connectivity index (χ1) is 8.99. The van der Waals surface area contributed by atoms with E-state index in [2.05, 4.69) is 11.0 Å². The Morgan fingerprint density at radius 1 is 1.53 bits per heavy atom. The summed E-state index contributed by atoms with van der Waals surface area (Å²) >= 11 is 0. The Labute approximate surface area is 114 Å². The molecule has 19 heavy (non-hydrogen) atoms. The molecule has 1 aromatic rings. The molecule has 1 unspecified atom stereocenters. The fourth-order valence-corrected chi connectivity index (χ4v) is 1.83. The van der Waals surface area contributed by atoms with E-state index in [0.717, 1.165) is 11.3 Å². The Morgan fingerprint density at radius 2 is 2.21 bits per heavy atom. The van der Waals surface area contributed by atoms with Crippen LogP contribution in [0.25, 0.3) is 0 Å². The Morgan fingerprint density at radius 3 is 2.74 bits per heavy atom. The monoisotopic (exact) mass is 260 g/mol. The molecule has 102 valence electrons. The number of hydrogen-bond acceptors (Lipinski definition) is 4. The minimum absolute atomic E-state index is 0.0385. The van der Waals surface area contributed by atoms with Gasteiger partial charge in [-0.15, -0.1) is 0 Å². The molecule has 0 saturated heterocycles. The maximum absolute atomic E-state index is 11.4. The average Bonchev–Trinajstić information content (AvgIpc) is 2.38.